The van der Waals surface area contributed by atoms with Crippen LogP contribution in [0.4, 0.5) is 34.1 Å². The number of fused-ring (bicyclic) bond motifs is 16. The fraction of sp³-hybridized carbons (Fsp3) is 0.0685. The molecule has 14 aromatic rings. The molecule has 0 fully saturated rings. The van der Waals surface area contributed by atoms with Crippen molar-refractivity contribution in [3.63, 3.8) is 0 Å². The molecule has 1 spiro atoms. The minimum absolute atomic E-state index is 0.534. The fourth-order valence-electron chi connectivity index (χ4n) is 13.4. The van der Waals surface area contributed by atoms with E-state index in [9.17, 15) is 0 Å². The van der Waals surface area contributed by atoms with Gasteiger partial charge in [-0.05, 0) is 191 Å². The van der Waals surface area contributed by atoms with Crippen LogP contribution in [0.5, 0.6) is 0 Å². The molecular weight excluding hydrogens is 1060 g/mol. The smallest absolute Gasteiger partial charge is 0.0743 e. The number of para-hydroxylation sites is 2. The Bertz CT molecular complexity index is 4440. The van der Waals surface area contributed by atoms with E-state index in [2.05, 4.69) is 286 Å². The number of aryl methyl sites for hydroxylation is 2. The standard InChI is InChI=1S/C73H52N4S4/c1-3-74-67-43-51(27-33-59(67)61-35-29-55(45-69(61)74)80-53-21-13-7-14-22-53)76(47-17-9-5-10-18-47)49-25-31-57-58-32-26-50(42-66(58)73(65(57)41-49)63-37-39-78-71(63)72-64(73)38-40-79-72)77(48-19-11-6-12-20-48)52-28-34-60-62-36-30-56(81-54-23-15-8-16-24-54)46-70(62)75(4-2)68(60)44-52/h5-46H,3-4H2,1-2H3. The van der Waals surface area contributed by atoms with Crippen LogP contribution in [0.15, 0.2) is 273 Å². The first-order valence-corrected chi connectivity index (χ1v) is 31.2. The van der Waals surface area contributed by atoms with Crippen LogP contribution in [-0.4, -0.2) is 9.13 Å². The van der Waals surface area contributed by atoms with Gasteiger partial charge < -0.3 is 18.9 Å². The molecule has 0 radical (unpaired) electrons. The molecule has 0 atom stereocenters. The van der Waals surface area contributed by atoms with Crippen LogP contribution in [0, 0.1) is 0 Å². The molecule has 4 aromatic heterocycles. The first kappa shape index (κ1) is 48.4. The van der Waals surface area contributed by atoms with Crippen LogP contribution >= 0.6 is 46.2 Å². The van der Waals surface area contributed by atoms with Crippen molar-refractivity contribution in [2.24, 2.45) is 0 Å². The first-order valence-electron chi connectivity index (χ1n) is 27.8. The van der Waals surface area contributed by atoms with Crippen molar-refractivity contribution in [1.29, 1.82) is 0 Å². The summed E-state index contributed by atoms with van der Waals surface area (Å²) in [7, 11) is 0. The van der Waals surface area contributed by atoms with Crippen molar-refractivity contribution in [2.75, 3.05) is 9.80 Å². The summed E-state index contributed by atoms with van der Waals surface area (Å²) in [6.07, 6.45) is 0. The van der Waals surface area contributed by atoms with Crippen molar-refractivity contribution >= 4 is 124 Å². The topological polar surface area (TPSA) is 16.3 Å². The third-order valence-electron chi connectivity index (χ3n) is 16.7. The summed E-state index contributed by atoms with van der Waals surface area (Å²) < 4.78 is 4.99. The maximum absolute atomic E-state index is 2.53. The van der Waals surface area contributed by atoms with Gasteiger partial charge in [0.15, 0.2) is 0 Å². The summed E-state index contributed by atoms with van der Waals surface area (Å²) in [6, 6.07) is 90.8. The molecule has 0 amide bonds. The lowest BCUT2D eigenvalue weighted by atomic mass is 9.71. The number of rotatable bonds is 12. The molecule has 81 heavy (non-hydrogen) atoms. The van der Waals surface area contributed by atoms with E-state index in [1.165, 1.54) is 106 Å². The summed E-state index contributed by atoms with van der Waals surface area (Å²) in [5, 5.41) is 9.71. The van der Waals surface area contributed by atoms with Crippen LogP contribution in [0.1, 0.15) is 36.1 Å². The zero-order chi connectivity index (χ0) is 53.8. The van der Waals surface area contributed by atoms with Crippen molar-refractivity contribution < 1.29 is 0 Å². The second-order valence-corrected chi connectivity index (χ2v) is 25.1. The zero-order valence-corrected chi connectivity index (χ0v) is 47.9. The van der Waals surface area contributed by atoms with Crippen LogP contribution in [0.3, 0.4) is 0 Å². The van der Waals surface area contributed by atoms with Crippen molar-refractivity contribution in [3.8, 4) is 20.9 Å². The summed E-state index contributed by atoms with van der Waals surface area (Å²) in [5.41, 5.74) is 19.1. The lowest BCUT2D eigenvalue weighted by molar-refractivity contribution is 0.798. The lowest BCUT2D eigenvalue weighted by Gasteiger charge is -2.32. The van der Waals surface area contributed by atoms with E-state index in [0.717, 1.165) is 47.2 Å². The zero-order valence-electron chi connectivity index (χ0n) is 44.6. The number of aromatic nitrogens is 2. The number of benzene rings is 10. The highest BCUT2D eigenvalue weighted by atomic mass is 32.2. The molecule has 2 aliphatic carbocycles. The average Bonchev–Trinajstić information content (AvgIpc) is 2.98. The van der Waals surface area contributed by atoms with Gasteiger partial charge in [0.2, 0.25) is 0 Å². The average molecular weight is 1110 g/mol. The quantitative estimate of drug-likeness (QED) is 0.121. The Morgan fingerprint density at radius 1 is 0.333 bits per heavy atom. The van der Waals surface area contributed by atoms with E-state index in [-0.39, 0.29) is 0 Å². The summed E-state index contributed by atoms with van der Waals surface area (Å²) >= 11 is 7.39. The molecule has 4 nitrogen and oxygen atoms in total. The van der Waals surface area contributed by atoms with Crippen molar-refractivity contribution in [2.45, 2.75) is 51.9 Å². The third kappa shape index (κ3) is 7.58. The number of hydrogen-bond donors (Lipinski definition) is 0. The third-order valence-corrected chi connectivity index (χ3v) is 20.7. The Kier molecular flexibility index (Phi) is 11.6. The summed E-state index contributed by atoms with van der Waals surface area (Å²) in [6.45, 7) is 6.25. The van der Waals surface area contributed by atoms with E-state index >= 15 is 0 Å². The molecule has 388 valence electrons. The molecule has 16 rings (SSSR count). The van der Waals surface area contributed by atoms with Gasteiger partial charge >= 0.3 is 0 Å². The normalized spacial score (nSPS) is 12.9. The minimum Gasteiger partial charge on any atom is -0.341 e. The molecule has 4 heterocycles. The number of thiophene rings is 2. The highest BCUT2D eigenvalue weighted by Crippen LogP contribution is 2.66. The van der Waals surface area contributed by atoms with E-state index in [1.807, 2.05) is 46.2 Å². The first-order chi connectivity index (χ1) is 40.0. The Morgan fingerprint density at radius 2 is 0.691 bits per heavy atom. The van der Waals surface area contributed by atoms with Crippen molar-refractivity contribution in [1.82, 2.24) is 9.13 Å². The Labute approximate surface area is 487 Å². The molecule has 0 unspecified atom stereocenters. The van der Waals surface area contributed by atoms with E-state index in [1.54, 1.807) is 0 Å². The van der Waals surface area contributed by atoms with Gasteiger partial charge in [-0.15, -0.1) is 22.7 Å². The fourth-order valence-corrected chi connectivity index (χ4v) is 17.2. The van der Waals surface area contributed by atoms with Crippen LogP contribution in [0.25, 0.3) is 64.5 Å². The molecule has 10 aromatic carbocycles. The molecular formula is C73H52N4S4. The number of nitrogens with zero attached hydrogens (tertiary/aromatic N) is 4. The number of anilines is 6. The molecule has 0 saturated carbocycles. The molecule has 0 aliphatic heterocycles. The molecule has 2 aliphatic rings. The van der Waals surface area contributed by atoms with Crippen LogP contribution in [0.2, 0.25) is 0 Å². The van der Waals surface area contributed by atoms with Gasteiger partial charge in [-0.1, -0.05) is 133 Å². The molecule has 0 N–H and O–H groups in total. The van der Waals surface area contributed by atoms with Gasteiger partial charge in [0, 0.05) is 98.1 Å². The Morgan fingerprint density at radius 3 is 1.10 bits per heavy atom. The maximum atomic E-state index is 2.53. The molecule has 0 saturated heterocycles. The second-order valence-electron chi connectivity index (χ2n) is 21.0. The highest BCUT2D eigenvalue weighted by molar-refractivity contribution is 7.99. The van der Waals surface area contributed by atoms with E-state index in [0.29, 0.717) is 0 Å². The second kappa shape index (κ2) is 19.4. The largest absolute Gasteiger partial charge is 0.341 e. The maximum Gasteiger partial charge on any atom is 0.0743 e. The van der Waals surface area contributed by atoms with Gasteiger partial charge in [-0.2, -0.15) is 0 Å². The van der Waals surface area contributed by atoms with Gasteiger partial charge in [-0.3, -0.25) is 0 Å². The van der Waals surface area contributed by atoms with E-state index < -0.39 is 5.41 Å². The predicted molar refractivity (Wildman–Crippen MR) is 346 cm³/mol. The summed E-state index contributed by atoms with van der Waals surface area (Å²) in [5.74, 6) is 0. The summed E-state index contributed by atoms with van der Waals surface area (Å²) in [4.78, 5) is 12.7. The van der Waals surface area contributed by atoms with Gasteiger partial charge in [0.1, 0.15) is 0 Å². The van der Waals surface area contributed by atoms with Gasteiger partial charge in [0.05, 0.1) is 27.5 Å². The van der Waals surface area contributed by atoms with Gasteiger partial charge in [-0.25, -0.2) is 0 Å². The lowest BCUT2D eigenvalue weighted by Crippen LogP contribution is -2.26. The van der Waals surface area contributed by atoms with E-state index in [4.69, 9.17) is 0 Å². The number of hydrogen-bond acceptors (Lipinski definition) is 6. The Hall–Kier alpha value is -8.50. The monoisotopic (exact) mass is 1110 g/mol. The van der Waals surface area contributed by atoms with Crippen molar-refractivity contribution in [3.05, 3.63) is 276 Å². The SMILES string of the molecule is CCn1c2cc(Sc3ccccc3)ccc2c2ccc(N(c3ccccc3)c3ccc4c(c3)C3(c5cc(N(c6ccccc6)c6ccc7c8ccc(Sc9ccccc9)cc8n(CC)c7c6)ccc5-4)c4ccsc4-c4sccc43)cc21. The minimum atomic E-state index is -0.534. The highest BCUT2D eigenvalue weighted by Gasteiger charge is 2.53. The van der Waals surface area contributed by atoms with Crippen LogP contribution < -0.4 is 9.80 Å². The van der Waals surface area contributed by atoms with Gasteiger partial charge in [0.25, 0.3) is 0 Å². The Balaban J connectivity index is 0.851. The predicted octanol–water partition coefficient (Wildman–Crippen LogP) is 21.7. The molecule has 8 heteroatoms. The van der Waals surface area contributed by atoms with Crippen LogP contribution in [-0.2, 0) is 18.5 Å². The molecule has 0 bridgehead atoms.